The number of hydrogen-bond acceptors (Lipinski definition) is 5. The lowest BCUT2D eigenvalue weighted by Crippen LogP contribution is -2.12. The molecule has 2 aliphatic heterocycles. The van der Waals surface area contributed by atoms with Gasteiger partial charge in [0, 0.05) is 12.5 Å². The zero-order valence-electron chi connectivity index (χ0n) is 9.50. The number of aromatic nitrogens is 3. The first-order valence-corrected chi connectivity index (χ1v) is 5.81. The number of nitrogens with two attached hydrogens (primary N) is 1. The summed E-state index contributed by atoms with van der Waals surface area (Å²) in [6.07, 6.45) is 1.87. The van der Waals surface area contributed by atoms with Crippen LogP contribution in [-0.2, 0) is 6.42 Å². The zero-order valence-corrected chi connectivity index (χ0v) is 10.4. The fourth-order valence-corrected chi connectivity index (χ4v) is 1.55. The van der Waals surface area contributed by atoms with Crippen molar-refractivity contribution < 1.29 is 4.74 Å². The Kier molecular flexibility index (Phi) is 3.53. The van der Waals surface area contributed by atoms with E-state index in [1.165, 1.54) is 4.68 Å². The quantitative estimate of drug-likeness (QED) is 0.539. The minimum Gasteiger partial charge on any atom is -0.457 e. The Hall–Kier alpha value is -1.69. The summed E-state index contributed by atoms with van der Waals surface area (Å²) in [4.78, 5) is 0. The molecule has 1 aromatic heterocycles. The van der Waals surface area contributed by atoms with Gasteiger partial charge >= 0.3 is 0 Å². The lowest BCUT2D eigenvalue weighted by molar-refractivity contribution is 0.438. The molecule has 90 valence electrons. The van der Waals surface area contributed by atoms with Gasteiger partial charge in [-0.3, -0.25) is 0 Å². The molecule has 6 heteroatoms. The minimum absolute atomic E-state index is 0.462. The van der Waals surface area contributed by atoms with E-state index >= 15 is 0 Å². The van der Waals surface area contributed by atoms with E-state index in [2.05, 4.69) is 29.7 Å². The molecule has 2 aromatic rings. The van der Waals surface area contributed by atoms with Crippen molar-refractivity contribution >= 4 is 12.6 Å². The smallest absolute Gasteiger partial charge is 0.206 e. The fourth-order valence-electron chi connectivity index (χ4n) is 1.39. The van der Waals surface area contributed by atoms with E-state index < -0.39 is 0 Å². The summed E-state index contributed by atoms with van der Waals surface area (Å²) in [5.74, 6) is 8.26. The number of nitrogens with zero attached hydrogens (tertiary/aromatic N) is 3. The molecule has 2 aliphatic rings. The van der Waals surface area contributed by atoms with Gasteiger partial charge in [-0.1, -0.05) is 13.0 Å². The maximum absolute atomic E-state index is 5.50. The highest BCUT2D eigenvalue weighted by molar-refractivity contribution is 7.80. The largest absolute Gasteiger partial charge is 0.457 e. The number of nitrogen functional groups attached to an aromatic ring is 1. The van der Waals surface area contributed by atoms with Crippen LogP contribution in [0.2, 0.25) is 0 Å². The van der Waals surface area contributed by atoms with E-state index in [0.717, 1.165) is 30.2 Å². The maximum Gasteiger partial charge on any atom is 0.206 e. The molecule has 0 amide bonds. The predicted octanol–water partition coefficient (Wildman–Crippen LogP) is 2.03. The SMILES string of the molecule is CCCc1nnc(S)n1N.c1cc2cc(c1)O2. The maximum atomic E-state index is 5.50. The van der Waals surface area contributed by atoms with Gasteiger partial charge in [0.05, 0.1) is 0 Å². The molecule has 2 N–H and O–H groups in total. The first-order chi connectivity index (χ1) is 8.20. The molecular formula is C11H14N4OS. The Morgan fingerprint density at radius 2 is 2.00 bits per heavy atom. The third-order valence-electron chi connectivity index (χ3n) is 2.26. The first kappa shape index (κ1) is 11.8. The predicted molar refractivity (Wildman–Crippen MR) is 67.9 cm³/mol. The van der Waals surface area contributed by atoms with Crippen molar-refractivity contribution in [3.05, 3.63) is 30.1 Å². The Bertz CT molecular complexity index is 487. The summed E-state index contributed by atoms with van der Waals surface area (Å²) in [5.41, 5.74) is 0. The van der Waals surface area contributed by atoms with Gasteiger partial charge in [0.2, 0.25) is 5.16 Å². The first-order valence-electron chi connectivity index (χ1n) is 5.37. The van der Waals surface area contributed by atoms with E-state index in [4.69, 9.17) is 10.6 Å². The van der Waals surface area contributed by atoms with E-state index in [1.54, 1.807) is 0 Å². The topological polar surface area (TPSA) is 66.0 Å². The molecule has 0 unspecified atom stereocenters. The number of fused-ring (bicyclic) bond motifs is 2. The molecule has 0 radical (unpaired) electrons. The summed E-state index contributed by atoms with van der Waals surface area (Å²) < 4.78 is 6.41. The van der Waals surface area contributed by atoms with E-state index in [9.17, 15) is 0 Å². The molecule has 0 saturated carbocycles. The van der Waals surface area contributed by atoms with Crippen LogP contribution in [0.5, 0.6) is 11.5 Å². The highest BCUT2D eigenvalue weighted by atomic mass is 32.1. The number of aryl methyl sites for hydroxylation is 1. The van der Waals surface area contributed by atoms with Crippen LogP contribution in [0.4, 0.5) is 0 Å². The van der Waals surface area contributed by atoms with Crippen molar-refractivity contribution in [2.45, 2.75) is 24.9 Å². The summed E-state index contributed by atoms with van der Waals surface area (Å²) in [5, 5.41) is 7.97. The zero-order chi connectivity index (χ0) is 12.3. The van der Waals surface area contributed by atoms with Crippen LogP contribution < -0.4 is 10.6 Å². The fraction of sp³-hybridized carbons (Fsp3) is 0.273. The number of rotatable bonds is 2. The summed E-state index contributed by atoms with van der Waals surface area (Å²) >= 11 is 3.98. The minimum atomic E-state index is 0.462. The van der Waals surface area contributed by atoms with Crippen molar-refractivity contribution in [3.8, 4) is 11.5 Å². The van der Waals surface area contributed by atoms with Crippen molar-refractivity contribution in [1.82, 2.24) is 14.9 Å². The molecule has 2 bridgehead atoms. The molecule has 0 aliphatic carbocycles. The lowest BCUT2D eigenvalue weighted by Gasteiger charge is -2.13. The van der Waals surface area contributed by atoms with Crippen LogP contribution in [0.3, 0.4) is 0 Å². The van der Waals surface area contributed by atoms with E-state index in [0.29, 0.717) is 5.16 Å². The summed E-state index contributed by atoms with van der Waals surface area (Å²) in [6, 6.07) is 7.86. The van der Waals surface area contributed by atoms with Gasteiger partial charge in [0.1, 0.15) is 11.5 Å². The third kappa shape index (κ3) is 2.71. The third-order valence-corrected chi connectivity index (χ3v) is 2.57. The Labute approximate surface area is 105 Å². The van der Waals surface area contributed by atoms with Crippen LogP contribution in [0.1, 0.15) is 19.2 Å². The highest BCUT2D eigenvalue weighted by Gasteiger charge is 2.06. The van der Waals surface area contributed by atoms with Crippen LogP contribution in [0.15, 0.2) is 29.4 Å². The van der Waals surface area contributed by atoms with Gasteiger partial charge in [0.25, 0.3) is 0 Å². The molecule has 0 saturated heterocycles. The molecule has 17 heavy (non-hydrogen) atoms. The van der Waals surface area contributed by atoms with E-state index in [1.807, 2.05) is 24.3 Å². The molecular weight excluding hydrogens is 236 g/mol. The second-order valence-electron chi connectivity index (χ2n) is 3.61. The van der Waals surface area contributed by atoms with Gasteiger partial charge in [-0.05, 0) is 18.6 Å². The molecule has 0 fully saturated rings. The Morgan fingerprint density at radius 1 is 1.35 bits per heavy atom. The second kappa shape index (κ2) is 5.09. The highest BCUT2D eigenvalue weighted by Crippen LogP contribution is 2.32. The molecule has 1 aromatic carbocycles. The van der Waals surface area contributed by atoms with Crippen LogP contribution in [0, 0.1) is 0 Å². The molecule has 0 atom stereocenters. The molecule has 0 spiro atoms. The Balaban J connectivity index is 0.000000134. The van der Waals surface area contributed by atoms with Crippen LogP contribution in [0.25, 0.3) is 0 Å². The average Bonchev–Trinajstić information content (AvgIpc) is 2.63. The summed E-state index contributed by atoms with van der Waals surface area (Å²) in [6.45, 7) is 2.06. The molecule has 4 rings (SSSR count). The summed E-state index contributed by atoms with van der Waals surface area (Å²) in [7, 11) is 0. The number of ether oxygens (including phenoxy) is 1. The van der Waals surface area contributed by atoms with Crippen LogP contribution >= 0.6 is 12.6 Å². The van der Waals surface area contributed by atoms with Gasteiger partial charge < -0.3 is 10.6 Å². The second-order valence-corrected chi connectivity index (χ2v) is 4.01. The van der Waals surface area contributed by atoms with Gasteiger partial charge in [-0.25, -0.2) is 4.68 Å². The standard InChI is InChI=1S/C6H4O.C5H10N4S/c1-2-5-4-6(3-1)7-5;1-2-3-4-7-8-5(10)9(4)6/h1-4H;2-3,6H2,1H3,(H,8,10). The average molecular weight is 250 g/mol. The number of thiol groups is 1. The van der Waals surface area contributed by atoms with E-state index in [-0.39, 0.29) is 0 Å². The van der Waals surface area contributed by atoms with Crippen molar-refractivity contribution in [1.29, 1.82) is 0 Å². The van der Waals surface area contributed by atoms with Crippen molar-refractivity contribution in [3.63, 3.8) is 0 Å². The molecule has 5 nitrogen and oxygen atoms in total. The lowest BCUT2D eigenvalue weighted by atomic mass is 10.2. The molecule has 3 heterocycles. The normalized spacial score (nSPS) is 10.9. The monoisotopic (exact) mass is 250 g/mol. The number of hydrogen-bond donors (Lipinski definition) is 2. The van der Waals surface area contributed by atoms with Gasteiger partial charge in [0.15, 0.2) is 5.82 Å². The van der Waals surface area contributed by atoms with Crippen molar-refractivity contribution in [2.75, 3.05) is 5.84 Å². The number of benzene rings is 1. The van der Waals surface area contributed by atoms with Gasteiger partial charge in [-0.2, -0.15) is 0 Å². The Morgan fingerprint density at radius 3 is 2.29 bits per heavy atom. The van der Waals surface area contributed by atoms with Crippen LogP contribution in [-0.4, -0.2) is 14.9 Å². The van der Waals surface area contributed by atoms with Crippen molar-refractivity contribution in [2.24, 2.45) is 0 Å². The van der Waals surface area contributed by atoms with Gasteiger partial charge in [-0.15, -0.1) is 22.8 Å².